The molecule has 0 aliphatic heterocycles. The first-order chi connectivity index (χ1) is 7.17. The lowest BCUT2D eigenvalue weighted by Gasteiger charge is -2.03. The highest BCUT2D eigenvalue weighted by molar-refractivity contribution is 9.09. The van der Waals surface area contributed by atoms with Gasteiger partial charge in [-0.05, 0) is 24.3 Å². The molecule has 80 valence electrons. The second kappa shape index (κ2) is 5.66. The smallest absolute Gasteiger partial charge is 0.224 e. The lowest BCUT2D eigenvalue weighted by molar-refractivity contribution is -0.115. The molecule has 0 heterocycles. The molecule has 0 bridgehead atoms. The highest BCUT2D eigenvalue weighted by atomic mass is 79.9. The summed E-state index contributed by atoms with van der Waals surface area (Å²) in [6.45, 7) is 1.79. The predicted molar refractivity (Wildman–Crippen MR) is 63.5 cm³/mol. The number of hydrogen-bond acceptors (Lipinski definition) is 2. The summed E-state index contributed by atoms with van der Waals surface area (Å²) in [5.41, 5.74) is 1.36. The summed E-state index contributed by atoms with van der Waals surface area (Å²) in [6, 6.07) is 6.86. The van der Waals surface area contributed by atoms with Crippen molar-refractivity contribution in [2.45, 2.75) is 13.3 Å². The van der Waals surface area contributed by atoms with Gasteiger partial charge >= 0.3 is 0 Å². The Labute approximate surface area is 97.0 Å². The minimum absolute atomic E-state index is 0.0309. The van der Waals surface area contributed by atoms with E-state index in [1.165, 1.54) is 0 Å². The van der Waals surface area contributed by atoms with Crippen LogP contribution in [-0.4, -0.2) is 17.0 Å². The minimum atomic E-state index is -0.0328. The van der Waals surface area contributed by atoms with Crippen molar-refractivity contribution >= 4 is 33.3 Å². The third kappa shape index (κ3) is 3.47. The van der Waals surface area contributed by atoms with E-state index in [0.717, 1.165) is 0 Å². The van der Waals surface area contributed by atoms with Crippen LogP contribution >= 0.6 is 15.9 Å². The number of carbonyl (C=O) groups excluding carboxylic acids is 2. The Morgan fingerprint density at radius 3 is 2.33 bits per heavy atom. The van der Waals surface area contributed by atoms with Crippen molar-refractivity contribution in [3.05, 3.63) is 29.8 Å². The maximum Gasteiger partial charge on any atom is 0.224 e. The van der Waals surface area contributed by atoms with Gasteiger partial charge in [-0.2, -0.15) is 0 Å². The zero-order chi connectivity index (χ0) is 11.3. The van der Waals surface area contributed by atoms with E-state index < -0.39 is 0 Å². The van der Waals surface area contributed by atoms with Crippen molar-refractivity contribution in [2.24, 2.45) is 0 Å². The van der Waals surface area contributed by atoms with Gasteiger partial charge in [0.15, 0.2) is 5.78 Å². The molecule has 15 heavy (non-hydrogen) atoms. The third-order valence-electron chi connectivity index (χ3n) is 1.93. The summed E-state index contributed by atoms with van der Waals surface area (Å²) >= 11 is 3.10. The van der Waals surface area contributed by atoms with E-state index in [4.69, 9.17) is 0 Å². The van der Waals surface area contributed by atoms with Gasteiger partial charge in [0.05, 0.1) is 5.33 Å². The van der Waals surface area contributed by atoms with Gasteiger partial charge < -0.3 is 5.32 Å². The van der Waals surface area contributed by atoms with Crippen LogP contribution in [0.15, 0.2) is 24.3 Å². The van der Waals surface area contributed by atoms with E-state index in [2.05, 4.69) is 21.2 Å². The summed E-state index contributed by atoms with van der Waals surface area (Å²) < 4.78 is 0. The normalized spacial score (nSPS) is 9.73. The quantitative estimate of drug-likeness (QED) is 0.675. The monoisotopic (exact) mass is 269 g/mol. The Bertz CT molecular complexity index is 359. The van der Waals surface area contributed by atoms with Gasteiger partial charge in [-0.3, -0.25) is 9.59 Å². The van der Waals surface area contributed by atoms with Gasteiger partial charge in [0.25, 0.3) is 0 Å². The number of amides is 1. The number of nitrogens with one attached hydrogen (secondary N) is 1. The first-order valence-electron chi connectivity index (χ1n) is 4.66. The number of rotatable bonds is 4. The van der Waals surface area contributed by atoms with Crippen LogP contribution in [0.1, 0.15) is 23.7 Å². The largest absolute Gasteiger partial charge is 0.326 e. The van der Waals surface area contributed by atoms with Gasteiger partial charge in [-0.25, -0.2) is 0 Å². The molecule has 1 aromatic carbocycles. The van der Waals surface area contributed by atoms with E-state index in [0.29, 0.717) is 23.0 Å². The molecule has 0 aliphatic carbocycles. The maximum absolute atomic E-state index is 11.3. The van der Waals surface area contributed by atoms with Gasteiger partial charge in [0.2, 0.25) is 5.91 Å². The number of benzene rings is 1. The predicted octanol–water partition coefficient (Wildman–Crippen LogP) is 2.61. The fourth-order valence-electron chi connectivity index (χ4n) is 1.07. The zero-order valence-electron chi connectivity index (χ0n) is 8.42. The van der Waals surface area contributed by atoms with E-state index >= 15 is 0 Å². The lowest BCUT2D eigenvalue weighted by atomic mass is 10.1. The molecule has 0 radical (unpaired) electrons. The van der Waals surface area contributed by atoms with Crippen molar-refractivity contribution in [1.29, 1.82) is 0 Å². The number of Topliss-reactive ketones (excluding diaryl/α,β-unsaturated/α-hetero) is 1. The van der Waals surface area contributed by atoms with Crippen molar-refractivity contribution in [3.63, 3.8) is 0 Å². The molecule has 0 atom stereocenters. The number of ketones is 1. The van der Waals surface area contributed by atoms with Gasteiger partial charge in [-0.1, -0.05) is 22.9 Å². The highest BCUT2D eigenvalue weighted by Crippen LogP contribution is 2.11. The molecule has 0 aliphatic rings. The average Bonchev–Trinajstić information content (AvgIpc) is 2.29. The molecule has 1 rings (SSSR count). The van der Waals surface area contributed by atoms with Crippen molar-refractivity contribution in [3.8, 4) is 0 Å². The lowest BCUT2D eigenvalue weighted by Crippen LogP contribution is -2.09. The summed E-state index contributed by atoms with van der Waals surface area (Å²) in [5.74, 6) is -0.00191. The maximum atomic E-state index is 11.3. The van der Waals surface area contributed by atoms with E-state index in [1.54, 1.807) is 31.2 Å². The summed E-state index contributed by atoms with van der Waals surface area (Å²) in [5, 5.41) is 3.03. The molecular formula is C11H12BrNO2. The van der Waals surface area contributed by atoms with Crippen LogP contribution in [0.25, 0.3) is 0 Å². The van der Waals surface area contributed by atoms with Crippen LogP contribution in [0.5, 0.6) is 0 Å². The molecule has 0 spiro atoms. The van der Waals surface area contributed by atoms with Crippen molar-refractivity contribution in [1.82, 2.24) is 0 Å². The molecule has 1 amide bonds. The molecule has 4 heteroatoms. The molecule has 1 aromatic rings. The van der Waals surface area contributed by atoms with Crippen molar-refractivity contribution in [2.75, 3.05) is 10.6 Å². The highest BCUT2D eigenvalue weighted by Gasteiger charge is 2.04. The topological polar surface area (TPSA) is 46.2 Å². The number of hydrogen-bond donors (Lipinski definition) is 1. The van der Waals surface area contributed by atoms with E-state index in [9.17, 15) is 9.59 Å². The van der Waals surface area contributed by atoms with E-state index in [-0.39, 0.29) is 11.7 Å². The van der Waals surface area contributed by atoms with Gasteiger partial charge in [0, 0.05) is 17.7 Å². The number of anilines is 1. The summed E-state index contributed by atoms with van der Waals surface area (Å²) in [6.07, 6.45) is 0.447. The number of halogens is 1. The Hall–Kier alpha value is -1.16. The molecule has 0 aromatic heterocycles. The van der Waals surface area contributed by atoms with Crippen LogP contribution < -0.4 is 5.32 Å². The summed E-state index contributed by atoms with van der Waals surface area (Å²) in [7, 11) is 0. The number of carbonyl (C=O) groups is 2. The minimum Gasteiger partial charge on any atom is -0.326 e. The Morgan fingerprint density at radius 2 is 1.87 bits per heavy atom. The Morgan fingerprint density at radius 1 is 1.27 bits per heavy atom. The average molecular weight is 270 g/mol. The Kier molecular flexibility index (Phi) is 4.49. The SMILES string of the molecule is CCC(=O)Nc1ccc(C(=O)CBr)cc1. The molecule has 0 fully saturated rings. The van der Waals surface area contributed by atoms with Crippen LogP contribution in [0.4, 0.5) is 5.69 Å². The Balaban J connectivity index is 2.72. The standard InChI is InChI=1S/C11H12BrNO2/c1-2-11(15)13-9-5-3-8(4-6-9)10(14)7-12/h3-6H,2,7H2,1H3,(H,13,15). The first-order valence-corrected chi connectivity index (χ1v) is 5.78. The van der Waals surface area contributed by atoms with Crippen LogP contribution in [0.3, 0.4) is 0 Å². The fraction of sp³-hybridized carbons (Fsp3) is 0.273. The molecule has 1 N–H and O–H groups in total. The van der Waals surface area contributed by atoms with Gasteiger partial charge in [0.1, 0.15) is 0 Å². The second-order valence-electron chi connectivity index (χ2n) is 3.04. The van der Waals surface area contributed by atoms with E-state index in [1.807, 2.05) is 0 Å². The fourth-order valence-corrected chi connectivity index (χ4v) is 1.39. The molecular weight excluding hydrogens is 258 g/mol. The molecule has 3 nitrogen and oxygen atoms in total. The zero-order valence-corrected chi connectivity index (χ0v) is 10.0. The molecule has 0 saturated carbocycles. The first kappa shape index (κ1) is 11.9. The molecule has 0 unspecified atom stereocenters. The van der Waals surface area contributed by atoms with Crippen molar-refractivity contribution < 1.29 is 9.59 Å². The van der Waals surface area contributed by atoms with Crippen LogP contribution in [0.2, 0.25) is 0 Å². The van der Waals surface area contributed by atoms with Crippen LogP contribution in [-0.2, 0) is 4.79 Å². The molecule has 0 saturated heterocycles. The van der Waals surface area contributed by atoms with Gasteiger partial charge in [-0.15, -0.1) is 0 Å². The third-order valence-corrected chi connectivity index (χ3v) is 2.44. The second-order valence-corrected chi connectivity index (χ2v) is 3.60. The summed E-state index contributed by atoms with van der Waals surface area (Å²) in [4.78, 5) is 22.3. The number of alkyl halides is 1. The van der Waals surface area contributed by atoms with Crippen LogP contribution in [0, 0.1) is 0 Å².